The number of rotatable bonds is 2. The number of phenols is 1. The van der Waals surface area contributed by atoms with Gasteiger partial charge in [0, 0.05) is 36.9 Å². The number of aromatic hydroxyl groups is 1. The van der Waals surface area contributed by atoms with Crippen molar-refractivity contribution in [3.8, 4) is 5.75 Å². The Morgan fingerprint density at radius 3 is 2.40 bits per heavy atom. The molecule has 0 radical (unpaired) electrons. The molecule has 0 aromatic heterocycles. The molecular weight excluding hydrogens is 456 g/mol. The van der Waals surface area contributed by atoms with Gasteiger partial charge >= 0.3 is 0 Å². The summed E-state index contributed by atoms with van der Waals surface area (Å²) in [7, 11) is 0. The Morgan fingerprint density at radius 1 is 1.11 bits per heavy atom. The second-order valence-corrected chi connectivity index (χ2v) is 9.93. The highest BCUT2D eigenvalue weighted by molar-refractivity contribution is 6.24. The maximum atomic E-state index is 13.7. The number of nitrogens with two attached hydrogens (primary N) is 1. The van der Waals surface area contributed by atoms with E-state index in [9.17, 15) is 39.9 Å². The quantitative estimate of drug-likeness (QED) is 0.335. The molecule has 7 N–H and O–H groups in total. The lowest BCUT2D eigenvalue weighted by atomic mass is 9.56. The third-order valence-electron chi connectivity index (χ3n) is 8.17. The van der Waals surface area contributed by atoms with E-state index < -0.39 is 70.4 Å². The van der Waals surface area contributed by atoms with Gasteiger partial charge in [0.2, 0.25) is 5.78 Å². The molecule has 0 saturated carbocycles. The summed E-state index contributed by atoms with van der Waals surface area (Å²) in [5, 5.41) is 55.2. The Morgan fingerprint density at radius 2 is 1.77 bits per heavy atom. The van der Waals surface area contributed by atoms with Crippen LogP contribution in [0.25, 0.3) is 0 Å². The van der Waals surface area contributed by atoms with E-state index in [2.05, 4.69) is 0 Å². The van der Waals surface area contributed by atoms with E-state index in [1.165, 1.54) is 0 Å². The van der Waals surface area contributed by atoms with Crippen LogP contribution in [0.15, 0.2) is 34.8 Å². The molecule has 5 rings (SSSR count). The Labute approximate surface area is 201 Å². The van der Waals surface area contributed by atoms with Crippen LogP contribution in [-0.4, -0.2) is 67.8 Å². The predicted octanol–water partition coefficient (Wildman–Crippen LogP) is 1.10. The van der Waals surface area contributed by atoms with Gasteiger partial charge < -0.3 is 36.2 Å². The first-order valence-corrected chi connectivity index (χ1v) is 11.8. The number of Topliss-reactive ketones (excluding diaryl/α,β-unsaturated/α-hetero) is 2. The molecule has 10 heteroatoms. The number of hydrogen-bond donors (Lipinski definition) is 6. The molecule has 1 aromatic rings. The van der Waals surface area contributed by atoms with Crippen molar-refractivity contribution in [1.29, 1.82) is 0 Å². The average Bonchev–Trinajstić information content (AvgIpc) is 2.82. The van der Waals surface area contributed by atoms with Crippen LogP contribution in [0.4, 0.5) is 5.69 Å². The number of carbonyl (C=O) groups excluding carboxylic acids is 3. The highest BCUT2D eigenvalue weighted by Gasteiger charge is 2.64. The molecule has 1 aliphatic heterocycles. The van der Waals surface area contributed by atoms with Gasteiger partial charge in [-0.3, -0.25) is 14.4 Å². The first-order valence-electron chi connectivity index (χ1n) is 11.8. The molecule has 1 amide bonds. The van der Waals surface area contributed by atoms with E-state index in [4.69, 9.17) is 5.73 Å². The fourth-order valence-electron chi connectivity index (χ4n) is 6.37. The van der Waals surface area contributed by atoms with Gasteiger partial charge in [-0.05, 0) is 36.8 Å². The van der Waals surface area contributed by atoms with E-state index >= 15 is 0 Å². The topological polar surface area (TPSA) is 182 Å². The van der Waals surface area contributed by atoms with Gasteiger partial charge in [-0.25, -0.2) is 0 Å². The van der Waals surface area contributed by atoms with Crippen LogP contribution in [0, 0.1) is 11.8 Å². The van der Waals surface area contributed by atoms with Gasteiger partial charge in [0.15, 0.2) is 11.4 Å². The van der Waals surface area contributed by atoms with E-state index in [-0.39, 0.29) is 16.9 Å². The molecule has 5 atom stereocenters. The third-order valence-corrected chi connectivity index (χ3v) is 8.17. The summed E-state index contributed by atoms with van der Waals surface area (Å²) in [5.41, 5.74) is 2.01. The van der Waals surface area contributed by atoms with E-state index in [0.29, 0.717) is 24.3 Å². The highest BCUT2D eigenvalue weighted by Crippen LogP contribution is 2.55. The zero-order valence-corrected chi connectivity index (χ0v) is 19.2. The number of phenolic OH excluding ortho intramolecular Hbond substituents is 1. The molecule has 0 bridgehead atoms. The number of aliphatic hydroxyl groups is 4. The van der Waals surface area contributed by atoms with Crippen LogP contribution in [0.2, 0.25) is 0 Å². The lowest BCUT2D eigenvalue weighted by Gasteiger charge is -2.50. The molecular formula is C25H28N2O8. The van der Waals surface area contributed by atoms with E-state index in [1.54, 1.807) is 19.1 Å². The molecule has 35 heavy (non-hydrogen) atoms. The maximum absolute atomic E-state index is 13.7. The van der Waals surface area contributed by atoms with Gasteiger partial charge in [0.1, 0.15) is 22.8 Å². The van der Waals surface area contributed by atoms with Crippen molar-refractivity contribution in [3.05, 3.63) is 45.9 Å². The molecule has 4 aliphatic rings. The van der Waals surface area contributed by atoms with Gasteiger partial charge in [-0.1, -0.05) is 13.0 Å². The first kappa shape index (κ1) is 23.4. The number of hydrogen-bond acceptors (Lipinski definition) is 9. The summed E-state index contributed by atoms with van der Waals surface area (Å²) in [6.45, 7) is 3.14. The van der Waals surface area contributed by atoms with Crippen LogP contribution < -0.4 is 10.6 Å². The van der Waals surface area contributed by atoms with Crippen molar-refractivity contribution in [3.63, 3.8) is 0 Å². The number of anilines is 1. The summed E-state index contributed by atoms with van der Waals surface area (Å²) < 4.78 is 0. The van der Waals surface area contributed by atoms with E-state index in [0.717, 1.165) is 19.3 Å². The summed E-state index contributed by atoms with van der Waals surface area (Å²) >= 11 is 0. The third kappa shape index (κ3) is 2.99. The van der Waals surface area contributed by atoms with Crippen molar-refractivity contribution in [2.45, 2.75) is 50.2 Å². The number of aliphatic hydroxyl groups excluding tert-OH is 3. The number of primary amides is 1. The summed E-state index contributed by atoms with van der Waals surface area (Å²) in [5.74, 6) is -8.43. The minimum absolute atomic E-state index is 0.0515. The Balaban J connectivity index is 1.69. The molecule has 1 fully saturated rings. The van der Waals surface area contributed by atoms with Crippen molar-refractivity contribution in [2.24, 2.45) is 17.6 Å². The second-order valence-electron chi connectivity index (χ2n) is 9.93. The van der Waals surface area contributed by atoms with Crippen molar-refractivity contribution < 1.29 is 39.9 Å². The summed E-state index contributed by atoms with van der Waals surface area (Å²) in [4.78, 5) is 40.6. The Hall–Kier alpha value is -3.37. The number of fused-ring (bicyclic) bond motifs is 3. The Kier molecular flexibility index (Phi) is 5.22. The molecule has 0 spiro atoms. The van der Waals surface area contributed by atoms with Gasteiger partial charge in [-0.15, -0.1) is 0 Å². The number of ketones is 2. The number of nitrogens with zero attached hydrogens (tertiary/aromatic N) is 1. The van der Waals surface area contributed by atoms with Crippen LogP contribution in [0.1, 0.15) is 54.4 Å². The van der Waals surface area contributed by atoms with Crippen LogP contribution in [-0.2, 0) is 9.59 Å². The van der Waals surface area contributed by atoms with E-state index in [1.807, 2.05) is 4.90 Å². The fraction of sp³-hybridized carbons (Fsp3) is 0.480. The van der Waals surface area contributed by atoms with Crippen LogP contribution in [0.3, 0.4) is 0 Å². The number of benzene rings is 1. The smallest absolute Gasteiger partial charge is 0.255 e. The number of amides is 1. The van der Waals surface area contributed by atoms with Gasteiger partial charge in [0.25, 0.3) is 5.91 Å². The molecule has 3 aliphatic carbocycles. The SMILES string of the molecule is C[C@H]1c2ccc(N3CCCCC3)c(O)c2C(=O)C2=C(O)[C@]3(O)C(=O)C(C(N)=O)=C(O)C[C@@H]3[C@@H](O)[C@@H]21. The number of carbonyl (C=O) groups is 3. The molecule has 1 saturated heterocycles. The summed E-state index contributed by atoms with van der Waals surface area (Å²) in [6, 6.07) is 3.46. The predicted molar refractivity (Wildman–Crippen MR) is 123 cm³/mol. The van der Waals surface area contributed by atoms with Crippen molar-refractivity contribution >= 4 is 23.2 Å². The minimum atomic E-state index is -2.82. The first-order chi connectivity index (χ1) is 16.5. The number of piperidine rings is 1. The van der Waals surface area contributed by atoms with Crippen molar-refractivity contribution in [2.75, 3.05) is 18.0 Å². The Bertz CT molecular complexity index is 1230. The normalized spacial score (nSPS) is 32.8. The minimum Gasteiger partial charge on any atom is -0.511 e. The molecule has 186 valence electrons. The standard InChI is InChI=1S/C25H28N2O8/c1-10-11-5-6-13(27-7-3-2-4-8-27)20(30)16(11)21(31)18-15(10)19(29)12-9-14(28)17(24(26)34)22(32)25(12,35)23(18)33/h5-6,10,12,15,19,28-30,33,35H,2-4,7-9H2,1H3,(H2,26,34)/t10-,12+,15+,19+,25+/m0/s1. The lowest BCUT2D eigenvalue weighted by Crippen LogP contribution is -2.62. The van der Waals surface area contributed by atoms with Crippen molar-refractivity contribution in [1.82, 2.24) is 0 Å². The molecule has 1 heterocycles. The largest absolute Gasteiger partial charge is 0.511 e. The maximum Gasteiger partial charge on any atom is 0.255 e. The summed E-state index contributed by atoms with van der Waals surface area (Å²) in [6.07, 6.45) is 0.939. The monoisotopic (exact) mass is 484 g/mol. The fourth-order valence-corrected chi connectivity index (χ4v) is 6.37. The molecule has 1 aromatic carbocycles. The zero-order chi connectivity index (χ0) is 25.4. The number of allylic oxidation sites excluding steroid dienone is 1. The second kappa shape index (κ2) is 7.82. The lowest BCUT2D eigenvalue weighted by molar-refractivity contribution is -0.154. The molecule has 10 nitrogen and oxygen atoms in total. The molecule has 0 unspecified atom stereocenters. The average molecular weight is 485 g/mol. The highest BCUT2D eigenvalue weighted by atomic mass is 16.4. The van der Waals surface area contributed by atoms with Gasteiger partial charge in [-0.2, -0.15) is 0 Å². The van der Waals surface area contributed by atoms with Gasteiger partial charge in [0.05, 0.1) is 17.4 Å². The van der Waals surface area contributed by atoms with Crippen LogP contribution in [0.5, 0.6) is 5.75 Å². The zero-order valence-electron chi connectivity index (χ0n) is 19.2. The van der Waals surface area contributed by atoms with Crippen LogP contribution >= 0.6 is 0 Å².